The lowest BCUT2D eigenvalue weighted by Gasteiger charge is -2.13. The van der Waals surface area contributed by atoms with Crippen LogP contribution >= 0.6 is 22.9 Å². The van der Waals surface area contributed by atoms with Gasteiger partial charge in [-0.2, -0.15) is 0 Å². The number of thiophene rings is 1. The summed E-state index contributed by atoms with van der Waals surface area (Å²) in [6.45, 7) is 4.82. The van der Waals surface area contributed by atoms with Crippen LogP contribution in [-0.4, -0.2) is 37.3 Å². The number of guanidine groups is 1. The van der Waals surface area contributed by atoms with E-state index in [1.807, 2.05) is 43.3 Å². The van der Waals surface area contributed by atoms with Gasteiger partial charge in [0.15, 0.2) is 5.96 Å². The molecule has 0 fully saturated rings. The lowest BCUT2D eigenvalue weighted by Crippen LogP contribution is -2.39. The van der Waals surface area contributed by atoms with Crippen LogP contribution in [0.1, 0.15) is 23.5 Å². The maximum Gasteiger partial charge on any atom is 0.191 e. The summed E-state index contributed by atoms with van der Waals surface area (Å²) in [5.41, 5.74) is 1.15. The molecule has 1 aromatic carbocycles. The van der Waals surface area contributed by atoms with Crippen LogP contribution < -0.4 is 10.6 Å². The van der Waals surface area contributed by atoms with Crippen LogP contribution in [0.25, 0.3) is 0 Å². The van der Waals surface area contributed by atoms with Crippen LogP contribution in [0.3, 0.4) is 0 Å². The molecule has 5 nitrogen and oxygen atoms in total. The smallest absolute Gasteiger partial charge is 0.191 e. The molecule has 0 radical (unpaired) electrons. The number of hydrogen-bond acceptors (Lipinski definition) is 4. The first-order chi connectivity index (χ1) is 12.2. The molecule has 0 amide bonds. The molecular weight excluding hydrogens is 358 g/mol. The number of ether oxygens (including phenoxy) is 1. The SMILES string of the molecule is CCNC(=NCC(O)c1ccc(Cl)s1)NCCOCc1ccccc1. The maximum absolute atomic E-state index is 10.2. The Morgan fingerprint density at radius 2 is 2.04 bits per heavy atom. The molecule has 0 saturated carbocycles. The minimum Gasteiger partial charge on any atom is -0.386 e. The highest BCUT2D eigenvalue weighted by Gasteiger charge is 2.10. The molecule has 25 heavy (non-hydrogen) atoms. The number of aliphatic imine (C=N–C) groups is 1. The maximum atomic E-state index is 10.2. The topological polar surface area (TPSA) is 65.9 Å². The number of rotatable bonds is 9. The summed E-state index contributed by atoms with van der Waals surface area (Å²) in [7, 11) is 0. The van der Waals surface area contributed by atoms with Gasteiger partial charge in [0.1, 0.15) is 6.10 Å². The molecule has 0 bridgehead atoms. The highest BCUT2D eigenvalue weighted by atomic mass is 35.5. The van der Waals surface area contributed by atoms with Gasteiger partial charge in [-0.1, -0.05) is 41.9 Å². The third-order valence-electron chi connectivity index (χ3n) is 3.34. The molecule has 136 valence electrons. The number of benzene rings is 1. The fourth-order valence-corrected chi connectivity index (χ4v) is 3.16. The van der Waals surface area contributed by atoms with Crippen molar-refractivity contribution in [2.75, 3.05) is 26.2 Å². The Labute approximate surface area is 157 Å². The molecule has 2 aromatic rings. The van der Waals surface area contributed by atoms with E-state index in [9.17, 15) is 5.11 Å². The van der Waals surface area contributed by atoms with Crippen molar-refractivity contribution >= 4 is 28.9 Å². The Morgan fingerprint density at radius 3 is 2.72 bits per heavy atom. The molecule has 1 atom stereocenters. The standard InChI is InChI=1S/C18H24ClN3O2S/c1-2-20-18(22-12-15(23)16-8-9-17(19)25-16)21-10-11-24-13-14-6-4-3-5-7-14/h3-9,15,23H,2,10-13H2,1H3,(H2,20,21,22). The van der Waals surface area contributed by atoms with Gasteiger partial charge in [-0.3, -0.25) is 4.99 Å². The Bertz CT molecular complexity index is 649. The Kier molecular flexibility index (Phi) is 8.76. The third-order valence-corrected chi connectivity index (χ3v) is 4.67. The minimum atomic E-state index is -0.651. The summed E-state index contributed by atoms with van der Waals surface area (Å²) < 4.78 is 6.30. The summed E-state index contributed by atoms with van der Waals surface area (Å²) >= 11 is 7.26. The highest BCUT2D eigenvalue weighted by molar-refractivity contribution is 7.16. The Hall–Kier alpha value is -1.60. The summed E-state index contributed by atoms with van der Waals surface area (Å²) in [5.74, 6) is 0.660. The van der Waals surface area contributed by atoms with Gasteiger partial charge in [0.05, 0.1) is 24.1 Å². The van der Waals surface area contributed by atoms with Gasteiger partial charge >= 0.3 is 0 Å². The number of aliphatic hydroxyl groups excluding tert-OH is 1. The Balaban J connectivity index is 1.71. The van der Waals surface area contributed by atoms with Crippen molar-refractivity contribution in [2.45, 2.75) is 19.6 Å². The number of nitrogens with zero attached hydrogens (tertiary/aromatic N) is 1. The van der Waals surface area contributed by atoms with Gasteiger partial charge < -0.3 is 20.5 Å². The van der Waals surface area contributed by atoms with E-state index in [-0.39, 0.29) is 6.54 Å². The molecule has 0 saturated heterocycles. The summed E-state index contributed by atoms with van der Waals surface area (Å²) in [5, 5.41) is 16.5. The quantitative estimate of drug-likeness (QED) is 0.354. The van der Waals surface area contributed by atoms with Gasteiger partial charge in [0, 0.05) is 18.0 Å². The van der Waals surface area contributed by atoms with Crippen molar-refractivity contribution in [3.8, 4) is 0 Å². The van der Waals surface area contributed by atoms with E-state index in [0.717, 1.165) is 17.0 Å². The van der Waals surface area contributed by atoms with Crippen molar-refractivity contribution in [1.29, 1.82) is 0 Å². The van der Waals surface area contributed by atoms with Crippen LogP contribution in [0.15, 0.2) is 47.5 Å². The first-order valence-corrected chi connectivity index (χ1v) is 9.45. The van der Waals surface area contributed by atoms with Crippen LogP contribution in [0.2, 0.25) is 4.34 Å². The zero-order valence-electron chi connectivity index (χ0n) is 14.2. The predicted octanol–water partition coefficient (Wildman–Crippen LogP) is 3.21. The molecule has 0 aliphatic heterocycles. The zero-order valence-corrected chi connectivity index (χ0v) is 15.8. The van der Waals surface area contributed by atoms with E-state index < -0.39 is 6.10 Å². The molecule has 2 rings (SSSR count). The van der Waals surface area contributed by atoms with E-state index in [0.29, 0.717) is 30.1 Å². The molecular formula is C18H24ClN3O2S. The molecule has 1 aromatic heterocycles. The van der Waals surface area contributed by atoms with E-state index in [4.69, 9.17) is 16.3 Å². The second-order valence-electron chi connectivity index (χ2n) is 5.34. The van der Waals surface area contributed by atoms with Gasteiger partial charge in [0.25, 0.3) is 0 Å². The minimum absolute atomic E-state index is 0.275. The molecule has 3 N–H and O–H groups in total. The van der Waals surface area contributed by atoms with Gasteiger partial charge in [-0.25, -0.2) is 0 Å². The normalized spacial score (nSPS) is 12.8. The summed E-state index contributed by atoms with van der Waals surface area (Å²) in [4.78, 5) is 5.22. The van der Waals surface area contributed by atoms with Gasteiger partial charge in [-0.15, -0.1) is 11.3 Å². The molecule has 1 unspecified atom stereocenters. The first kappa shape index (κ1) is 19.7. The van der Waals surface area contributed by atoms with E-state index in [2.05, 4.69) is 15.6 Å². The molecule has 0 aliphatic rings. The van der Waals surface area contributed by atoms with E-state index in [1.165, 1.54) is 11.3 Å². The summed E-state index contributed by atoms with van der Waals surface area (Å²) in [6.07, 6.45) is -0.651. The second-order valence-corrected chi connectivity index (χ2v) is 7.09. The molecule has 0 spiro atoms. The average molecular weight is 382 g/mol. The first-order valence-electron chi connectivity index (χ1n) is 8.26. The van der Waals surface area contributed by atoms with Crippen molar-refractivity contribution < 1.29 is 9.84 Å². The number of nitrogens with one attached hydrogen (secondary N) is 2. The van der Waals surface area contributed by atoms with Crippen molar-refractivity contribution in [3.63, 3.8) is 0 Å². The predicted molar refractivity (Wildman–Crippen MR) is 104 cm³/mol. The lowest BCUT2D eigenvalue weighted by molar-refractivity contribution is 0.125. The largest absolute Gasteiger partial charge is 0.386 e. The van der Waals surface area contributed by atoms with E-state index in [1.54, 1.807) is 6.07 Å². The van der Waals surface area contributed by atoms with Gasteiger partial charge in [0.2, 0.25) is 0 Å². The fraction of sp³-hybridized carbons (Fsp3) is 0.389. The molecule has 0 aliphatic carbocycles. The monoisotopic (exact) mass is 381 g/mol. The van der Waals surface area contributed by atoms with Crippen molar-refractivity contribution in [2.24, 2.45) is 4.99 Å². The van der Waals surface area contributed by atoms with Crippen molar-refractivity contribution in [1.82, 2.24) is 10.6 Å². The molecule has 7 heteroatoms. The molecule has 1 heterocycles. The zero-order chi connectivity index (χ0) is 17.9. The van der Waals surface area contributed by atoms with Crippen LogP contribution in [0.5, 0.6) is 0 Å². The Morgan fingerprint density at radius 1 is 1.24 bits per heavy atom. The van der Waals surface area contributed by atoms with E-state index >= 15 is 0 Å². The van der Waals surface area contributed by atoms with Crippen molar-refractivity contribution in [3.05, 3.63) is 57.2 Å². The van der Waals surface area contributed by atoms with Crippen LogP contribution in [0.4, 0.5) is 0 Å². The van der Waals surface area contributed by atoms with Gasteiger partial charge in [-0.05, 0) is 24.6 Å². The summed E-state index contributed by atoms with van der Waals surface area (Å²) in [6, 6.07) is 13.7. The van der Waals surface area contributed by atoms with Crippen LogP contribution in [-0.2, 0) is 11.3 Å². The highest BCUT2D eigenvalue weighted by Crippen LogP contribution is 2.26. The third kappa shape index (κ3) is 7.44. The number of aliphatic hydroxyl groups is 1. The average Bonchev–Trinajstić information content (AvgIpc) is 3.06. The number of halogens is 1. The lowest BCUT2D eigenvalue weighted by atomic mass is 10.2. The van der Waals surface area contributed by atoms with Crippen LogP contribution in [0, 0.1) is 0 Å². The second kappa shape index (κ2) is 11.1. The number of hydrogen-bond donors (Lipinski definition) is 3. The fourth-order valence-electron chi connectivity index (χ4n) is 2.12.